The Morgan fingerprint density at radius 1 is 1.39 bits per heavy atom. The fourth-order valence-corrected chi connectivity index (χ4v) is 4.32. The molecule has 0 unspecified atom stereocenters. The minimum Gasteiger partial charge on any atom is -0.324 e. The zero-order chi connectivity index (χ0) is 16.8. The van der Waals surface area contributed by atoms with Gasteiger partial charge in [-0.3, -0.25) is 5.32 Å². The Hall–Kier alpha value is -1.67. The summed E-state index contributed by atoms with van der Waals surface area (Å²) in [4.78, 5) is 20.7. The molecule has 0 saturated carbocycles. The van der Waals surface area contributed by atoms with Crippen LogP contribution in [0.15, 0.2) is 23.2 Å². The van der Waals surface area contributed by atoms with Crippen molar-refractivity contribution in [1.29, 1.82) is 0 Å². The largest absolute Gasteiger partial charge is 0.324 e. The Morgan fingerprint density at radius 2 is 2.13 bits per heavy atom. The molecular formula is C15H22N4O3S. The molecule has 0 aliphatic carbocycles. The fraction of sp³-hybridized carbons (Fsp3) is 0.600. The molecule has 2 amide bonds. The third-order valence-electron chi connectivity index (χ3n) is 4.82. The second kappa shape index (κ2) is 5.45. The van der Waals surface area contributed by atoms with E-state index in [1.165, 1.54) is 18.3 Å². The van der Waals surface area contributed by atoms with Gasteiger partial charge in [0.15, 0.2) is 9.84 Å². The summed E-state index contributed by atoms with van der Waals surface area (Å²) in [5, 5.41) is 2.71. The van der Waals surface area contributed by atoms with Gasteiger partial charge in [0.25, 0.3) is 0 Å². The first-order chi connectivity index (χ1) is 10.7. The minimum atomic E-state index is -3.32. The molecule has 1 aromatic heterocycles. The number of pyridine rings is 1. The van der Waals surface area contributed by atoms with Crippen molar-refractivity contribution in [3.63, 3.8) is 0 Å². The molecule has 2 fully saturated rings. The van der Waals surface area contributed by atoms with E-state index in [0.717, 1.165) is 25.9 Å². The van der Waals surface area contributed by atoms with E-state index in [1.807, 2.05) is 0 Å². The lowest BCUT2D eigenvalue weighted by molar-refractivity contribution is 0.208. The number of sulfone groups is 1. The summed E-state index contributed by atoms with van der Waals surface area (Å²) in [5.74, 6) is 0.741. The van der Waals surface area contributed by atoms with Gasteiger partial charge in [-0.2, -0.15) is 0 Å². The molecule has 0 spiro atoms. The molecule has 7 nitrogen and oxygen atoms in total. The summed E-state index contributed by atoms with van der Waals surface area (Å²) >= 11 is 0. The Bertz CT molecular complexity index is 736. The maximum Gasteiger partial charge on any atom is 0.323 e. The second-order valence-electron chi connectivity index (χ2n) is 7.01. The van der Waals surface area contributed by atoms with Crippen LogP contribution in [0.4, 0.5) is 10.6 Å². The van der Waals surface area contributed by atoms with E-state index in [9.17, 15) is 13.2 Å². The van der Waals surface area contributed by atoms with Gasteiger partial charge in [0.05, 0.1) is 4.90 Å². The summed E-state index contributed by atoms with van der Waals surface area (Å²) in [7, 11) is -1.21. The van der Waals surface area contributed by atoms with Crippen LogP contribution in [0.1, 0.15) is 6.92 Å². The Morgan fingerprint density at radius 3 is 2.78 bits per heavy atom. The number of amides is 2. The Labute approximate surface area is 136 Å². The van der Waals surface area contributed by atoms with Crippen LogP contribution in [0.3, 0.4) is 0 Å². The molecule has 0 aromatic carbocycles. The first-order valence-corrected chi connectivity index (χ1v) is 9.47. The van der Waals surface area contributed by atoms with E-state index in [1.54, 1.807) is 4.90 Å². The number of hydrogen-bond acceptors (Lipinski definition) is 5. The van der Waals surface area contributed by atoms with Gasteiger partial charge in [-0.25, -0.2) is 18.2 Å². The van der Waals surface area contributed by atoms with Crippen molar-refractivity contribution in [3.05, 3.63) is 18.3 Å². The number of urea groups is 1. The van der Waals surface area contributed by atoms with Gasteiger partial charge < -0.3 is 9.80 Å². The molecule has 3 heterocycles. The summed E-state index contributed by atoms with van der Waals surface area (Å²) in [6, 6.07) is 2.59. The molecule has 2 atom stereocenters. The van der Waals surface area contributed by atoms with Crippen LogP contribution in [0.25, 0.3) is 0 Å². The number of likely N-dealkylation sites (tertiary alicyclic amines) is 2. The van der Waals surface area contributed by atoms with Crippen LogP contribution in [-0.2, 0) is 9.84 Å². The highest BCUT2D eigenvalue weighted by atomic mass is 32.2. The van der Waals surface area contributed by atoms with Crippen molar-refractivity contribution < 1.29 is 13.2 Å². The van der Waals surface area contributed by atoms with Gasteiger partial charge in [-0.15, -0.1) is 0 Å². The van der Waals surface area contributed by atoms with E-state index >= 15 is 0 Å². The predicted molar refractivity (Wildman–Crippen MR) is 87.0 cm³/mol. The van der Waals surface area contributed by atoms with E-state index in [2.05, 4.69) is 29.2 Å². The average molecular weight is 338 g/mol. The molecule has 1 aromatic rings. The molecule has 2 saturated heterocycles. The third kappa shape index (κ3) is 3.18. The molecule has 23 heavy (non-hydrogen) atoms. The van der Waals surface area contributed by atoms with Gasteiger partial charge in [0.2, 0.25) is 0 Å². The van der Waals surface area contributed by atoms with Crippen molar-refractivity contribution in [2.75, 3.05) is 44.8 Å². The fourth-order valence-electron chi connectivity index (χ4n) is 3.68. The lowest BCUT2D eigenvalue weighted by atomic mass is 9.83. The van der Waals surface area contributed by atoms with Crippen molar-refractivity contribution >= 4 is 21.7 Å². The zero-order valence-corrected chi connectivity index (χ0v) is 14.4. The van der Waals surface area contributed by atoms with E-state index in [0.29, 0.717) is 12.5 Å². The van der Waals surface area contributed by atoms with Gasteiger partial charge in [-0.1, -0.05) is 6.92 Å². The lowest BCUT2D eigenvalue weighted by Gasteiger charge is -2.24. The molecule has 2 aliphatic heterocycles. The zero-order valence-electron chi connectivity index (χ0n) is 13.6. The first-order valence-electron chi connectivity index (χ1n) is 7.58. The summed E-state index contributed by atoms with van der Waals surface area (Å²) in [6.45, 7) is 5.64. The summed E-state index contributed by atoms with van der Waals surface area (Å²) in [5.41, 5.74) is 0.133. The highest BCUT2D eigenvalue weighted by Gasteiger charge is 2.49. The quantitative estimate of drug-likeness (QED) is 0.866. The normalized spacial score (nSPS) is 28.0. The van der Waals surface area contributed by atoms with Crippen molar-refractivity contribution in [3.8, 4) is 0 Å². The Kier molecular flexibility index (Phi) is 3.84. The SMILES string of the molecule is CN1C[C@@H]2CN(C(=O)Nc3cc(S(C)(=O)=O)ccn3)C[C@]2(C)C1. The van der Waals surface area contributed by atoms with E-state index < -0.39 is 9.84 Å². The molecule has 8 heteroatoms. The molecular weight excluding hydrogens is 316 g/mol. The molecule has 2 aliphatic rings. The number of anilines is 1. The number of aromatic nitrogens is 1. The van der Waals surface area contributed by atoms with Gasteiger partial charge in [-0.05, 0) is 25.1 Å². The molecule has 3 rings (SSSR count). The van der Waals surface area contributed by atoms with Crippen LogP contribution in [0.5, 0.6) is 0 Å². The Balaban J connectivity index is 1.69. The maximum absolute atomic E-state index is 12.4. The van der Waals surface area contributed by atoms with Gasteiger partial charge in [0, 0.05) is 44.0 Å². The highest BCUT2D eigenvalue weighted by Crippen LogP contribution is 2.41. The molecule has 0 bridgehead atoms. The molecule has 126 valence electrons. The topological polar surface area (TPSA) is 82.6 Å². The maximum atomic E-state index is 12.4. The van der Waals surface area contributed by atoms with Crippen molar-refractivity contribution in [2.45, 2.75) is 11.8 Å². The second-order valence-corrected chi connectivity index (χ2v) is 9.02. The lowest BCUT2D eigenvalue weighted by Crippen LogP contribution is -2.37. The summed E-state index contributed by atoms with van der Waals surface area (Å²) < 4.78 is 23.2. The van der Waals surface area contributed by atoms with Crippen LogP contribution >= 0.6 is 0 Å². The number of nitrogens with one attached hydrogen (secondary N) is 1. The van der Waals surface area contributed by atoms with Crippen LogP contribution < -0.4 is 5.32 Å². The summed E-state index contributed by atoms with van der Waals surface area (Å²) in [6.07, 6.45) is 2.52. The number of fused-ring (bicyclic) bond motifs is 1. The number of carbonyl (C=O) groups is 1. The molecule has 0 radical (unpaired) electrons. The number of nitrogens with zero attached hydrogens (tertiary/aromatic N) is 3. The van der Waals surface area contributed by atoms with Crippen LogP contribution in [-0.4, -0.2) is 68.7 Å². The van der Waals surface area contributed by atoms with Gasteiger partial charge in [0.1, 0.15) is 5.82 Å². The monoisotopic (exact) mass is 338 g/mol. The van der Waals surface area contributed by atoms with Crippen molar-refractivity contribution in [2.24, 2.45) is 11.3 Å². The smallest absolute Gasteiger partial charge is 0.323 e. The third-order valence-corrected chi connectivity index (χ3v) is 5.93. The number of carbonyl (C=O) groups excluding carboxylic acids is 1. The molecule has 1 N–H and O–H groups in total. The van der Waals surface area contributed by atoms with E-state index in [-0.39, 0.29) is 22.2 Å². The van der Waals surface area contributed by atoms with Crippen LogP contribution in [0, 0.1) is 11.3 Å². The number of rotatable bonds is 2. The van der Waals surface area contributed by atoms with E-state index in [4.69, 9.17) is 0 Å². The first kappa shape index (κ1) is 16.2. The number of hydrogen-bond donors (Lipinski definition) is 1. The highest BCUT2D eigenvalue weighted by molar-refractivity contribution is 7.90. The standard InChI is InChI=1S/C15H22N4O3S/c1-15-9-18(2)7-11(15)8-19(10-15)14(20)17-13-6-12(4-5-16-13)23(3,21)22/h4-6,11H,7-10H2,1-3H3,(H,16,17,20)/t11-,15+/m1/s1. The van der Waals surface area contributed by atoms with Crippen molar-refractivity contribution in [1.82, 2.24) is 14.8 Å². The van der Waals surface area contributed by atoms with Gasteiger partial charge >= 0.3 is 6.03 Å². The van der Waals surface area contributed by atoms with Crippen LogP contribution in [0.2, 0.25) is 0 Å². The minimum absolute atomic E-state index is 0.133. The predicted octanol–water partition coefficient (Wildman–Crippen LogP) is 0.900. The average Bonchev–Trinajstić information content (AvgIpc) is 2.88.